The number of nitrogens with two attached hydrogens (primary N) is 4. The van der Waals surface area contributed by atoms with Crippen LogP contribution in [-0.4, -0.2) is 62.9 Å². The number of ether oxygens (including phenoxy) is 3. The van der Waals surface area contributed by atoms with Gasteiger partial charge in [-0.15, -0.1) is 0 Å². The van der Waals surface area contributed by atoms with Gasteiger partial charge in [0, 0.05) is 19.6 Å². The third kappa shape index (κ3) is 10.6. The van der Waals surface area contributed by atoms with Crippen molar-refractivity contribution < 1.29 is 28.6 Å². The molecule has 0 aromatic heterocycles. The first-order chi connectivity index (χ1) is 10.9. The van der Waals surface area contributed by atoms with Gasteiger partial charge in [0.1, 0.15) is 25.4 Å². The van der Waals surface area contributed by atoms with Crippen LogP contribution in [0.3, 0.4) is 0 Å². The molecule has 0 radical (unpaired) electrons. The molecule has 23 heavy (non-hydrogen) atoms. The molecule has 0 unspecified atom stereocenters. The number of hydrogen-bond acceptors (Lipinski definition) is 10. The van der Waals surface area contributed by atoms with Crippen molar-refractivity contribution in [1.29, 1.82) is 0 Å². The Morgan fingerprint density at radius 2 is 0.913 bits per heavy atom. The second kappa shape index (κ2) is 11.8. The molecule has 0 fully saturated rings. The molecule has 10 heteroatoms. The molecule has 0 aliphatic heterocycles. The molecule has 0 heterocycles. The normalized spacial score (nSPS) is 11.0. The highest BCUT2D eigenvalue weighted by atomic mass is 16.6. The highest BCUT2D eigenvalue weighted by Gasteiger charge is 2.31. The number of carbonyl (C=O) groups excluding carboxylic acids is 3. The van der Waals surface area contributed by atoms with Crippen LogP contribution in [0.2, 0.25) is 0 Å². The molecule has 0 aromatic rings. The summed E-state index contributed by atoms with van der Waals surface area (Å²) in [4.78, 5) is 34.1. The zero-order valence-electron chi connectivity index (χ0n) is 13.1. The predicted octanol–water partition coefficient (Wildman–Crippen LogP) is -2.64. The van der Waals surface area contributed by atoms with Crippen LogP contribution in [0.5, 0.6) is 0 Å². The van der Waals surface area contributed by atoms with Crippen LogP contribution in [0.4, 0.5) is 0 Å². The van der Waals surface area contributed by atoms with E-state index in [1.54, 1.807) is 0 Å². The quantitative estimate of drug-likeness (QED) is 0.217. The molecule has 0 aliphatic carbocycles. The molecule has 0 saturated heterocycles. The molecule has 134 valence electrons. The lowest BCUT2D eigenvalue weighted by Gasteiger charge is -2.28. The van der Waals surface area contributed by atoms with Gasteiger partial charge >= 0.3 is 17.9 Å². The topological polar surface area (TPSA) is 183 Å². The molecule has 0 aromatic carbocycles. The van der Waals surface area contributed by atoms with Crippen LogP contribution in [0, 0.1) is 0 Å². The maximum Gasteiger partial charge on any atom is 0.307 e. The van der Waals surface area contributed by atoms with Crippen LogP contribution in [0.15, 0.2) is 0 Å². The lowest BCUT2D eigenvalue weighted by atomic mass is 10.1. The molecule has 0 amide bonds. The summed E-state index contributed by atoms with van der Waals surface area (Å²) in [6.07, 6.45) is 0.0714. The Balaban J connectivity index is 4.58. The lowest BCUT2D eigenvalue weighted by Crippen LogP contribution is -2.54. The molecule has 0 atom stereocenters. The average Bonchev–Trinajstić information content (AvgIpc) is 2.50. The van der Waals surface area contributed by atoms with Gasteiger partial charge in [0.25, 0.3) is 0 Å². The molecule has 0 spiro atoms. The Hall–Kier alpha value is -1.75. The largest absolute Gasteiger partial charge is 0.463 e. The van der Waals surface area contributed by atoms with Gasteiger partial charge in [0.2, 0.25) is 0 Å². The van der Waals surface area contributed by atoms with Gasteiger partial charge < -0.3 is 37.1 Å². The SMILES string of the molecule is NCCC(=O)OCC(N)(COC(=O)CCN)COC(=O)CCN. The third-order valence-electron chi connectivity index (χ3n) is 2.61. The fraction of sp³-hybridized carbons (Fsp3) is 0.769. The van der Waals surface area contributed by atoms with Crippen LogP contribution < -0.4 is 22.9 Å². The minimum atomic E-state index is -1.36. The first kappa shape index (κ1) is 21.2. The number of rotatable bonds is 12. The minimum absolute atomic E-state index is 0.0238. The molecule has 8 N–H and O–H groups in total. The molecule has 10 nitrogen and oxygen atoms in total. The Kier molecular flexibility index (Phi) is 10.9. The van der Waals surface area contributed by atoms with Crippen LogP contribution >= 0.6 is 0 Å². The van der Waals surface area contributed by atoms with Gasteiger partial charge in [-0.25, -0.2) is 0 Å². The summed E-state index contributed by atoms with van der Waals surface area (Å²) in [5, 5.41) is 0. The summed E-state index contributed by atoms with van der Waals surface area (Å²) in [7, 11) is 0. The standard InChI is InChI=1S/C13H26N4O6/c14-4-1-10(18)21-7-13(17,8-22-11(19)2-5-15)9-23-12(20)3-6-16/h1-9,14-17H2. The fourth-order valence-electron chi connectivity index (χ4n) is 1.37. The van der Waals surface area contributed by atoms with Crippen LogP contribution in [-0.2, 0) is 28.6 Å². The molecule has 0 aliphatic rings. The zero-order valence-corrected chi connectivity index (χ0v) is 13.1. The number of hydrogen-bond donors (Lipinski definition) is 4. The first-order valence-corrected chi connectivity index (χ1v) is 7.23. The lowest BCUT2D eigenvalue weighted by molar-refractivity contribution is -0.154. The van der Waals surface area contributed by atoms with Gasteiger partial charge in [0.05, 0.1) is 19.3 Å². The van der Waals surface area contributed by atoms with Crippen molar-refractivity contribution in [2.45, 2.75) is 24.8 Å². The van der Waals surface area contributed by atoms with Crippen molar-refractivity contribution in [3.05, 3.63) is 0 Å². The zero-order chi connectivity index (χ0) is 17.7. The Bertz CT molecular complexity index is 336. The minimum Gasteiger partial charge on any atom is -0.463 e. The van der Waals surface area contributed by atoms with Gasteiger partial charge in [-0.3, -0.25) is 14.4 Å². The first-order valence-electron chi connectivity index (χ1n) is 7.23. The van der Waals surface area contributed by atoms with E-state index in [4.69, 9.17) is 37.1 Å². The summed E-state index contributed by atoms with van der Waals surface area (Å²) in [5.74, 6) is -1.66. The second-order valence-corrected chi connectivity index (χ2v) is 4.96. The molecular formula is C13H26N4O6. The van der Waals surface area contributed by atoms with Crippen molar-refractivity contribution in [3.8, 4) is 0 Å². The monoisotopic (exact) mass is 334 g/mol. The van der Waals surface area contributed by atoms with Crippen LogP contribution in [0.1, 0.15) is 19.3 Å². The van der Waals surface area contributed by atoms with Gasteiger partial charge in [-0.2, -0.15) is 0 Å². The average molecular weight is 334 g/mol. The highest BCUT2D eigenvalue weighted by Crippen LogP contribution is 2.07. The van der Waals surface area contributed by atoms with Gasteiger partial charge in [-0.05, 0) is 0 Å². The van der Waals surface area contributed by atoms with E-state index in [2.05, 4.69) is 0 Å². The smallest absolute Gasteiger partial charge is 0.307 e. The van der Waals surface area contributed by atoms with E-state index in [-0.39, 0.29) is 58.7 Å². The van der Waals surface area contributed by atoms with E-state index < -0.39 is 23.4 Å². The van der Waals surface area contributed by atoms with Crippen molar-refractivity contribution in [2.24, 2.45) is 22.9 Å². The summed E-state index contributed by atoms with van der Waals surface area (Å²) in [6.45, 7) is -0.485. The maximum atomic E-state index is 11.4. The van der Waals surface area contributed by atoms with E-state index >= 15 is 0 Å². The van der Waals surface area contributed by atoms with Gasteiger partial charge in [0.15, 0.2) is 0 Å². The number of carbonyl (C=O) groups is 3. The summed E-state index contributed by atoms with van der Waals surface area (Å²) in [5.41, 5.74) is 20.4. The van der Waals surface area contributed by atoms with E-state index in [1.807, 2.05) is 0 Å². The summed E-state index contributed by atoms with van der Waals surface area (Å²) >= 11 is 0. The van der Waals surface area contributed by atoms with E-state index in [9.17, 15) is 14.4 Å². The Morgan fingerprint density at radius 1 is 0.652 bits per heavy atom. The molecule has 0 bridgehead atoms. The summed E-state index contributed by atoms with van der Waals surface area (Å²) < 4.78 is 14.9. The van der Waals surface area contributed by atoms with Crippen molar-refractivity contribution in [1.82, 2.24) is 0 Å². The van der Waals surface area contributed by atoms with E-state index in [1.165, 1.54) is 0 Å². The van der Waals surface area contributed by atoms with Crippen molar-refractivity contribution in [2.75, 3.05) is 39.5 Å². The Labute approximate surface area is 134 Å². The Morgan fingerprint density at radius 3 is 1.13 bits per heavy atom. The van der Waals surface area contributed by atoms with Crippen molar-refractivity contribution in [3.63, 3.8) is 0 Å². The molecule has 0 rings (SSSR count). The predicted molar refractivity (Wildman–Crippen MR) is 80.8 cm³/mol. The van der Waals surface area contributed by atoms with Crippen LogP contribution in [0.25, 0.3) is 0 Å². The molecular weight excluding hydrogens is 308 g/mol. The second-order valence-electron chi connectivity index (χ2n) is 4.96. The maximum absolute atomic E-state index is 11.4. The third-order valence-corrected chi connectivity index (χ3v) is 2.61. The van der Waals surface area contributed by atoms with Gasteiger partial charge in [-0.1, -0.05) is 0 Å². The molecule has 0 saturated carbocycles. The van der Waals surface area contributed by atoms with E-state index in [0.29, 0.717) is 0 Å². The summed E-state index contributed by atoms with van der Waals surface area (Å²) in [6, 6.07) is 0. The number of esters is 3. The van der Waals surface area contributed by atoms with E-state index in [0.717, 1.165) is 0 Å². The fourth-order valence-corrected chi connectivity index (χ4v) is 1.37. The highest BCUT2D eigenvalue weighted by molar-refractivity contribution is 5.70. The van der Waals surface area contributed by atoms with Crippen molar-refractivity contribution >= 4 is 17.9 Å².